The molecule has 0 atom stereocenters. The molecule has 1 aliphatic heterocycles. The van der Waals surface area contributed by atoms with Gasteiger partial charge in [0.2, 0.25) is 0 Å². The van der Waals surface area contributed by atoms with E-state index in [0.717, 1.165) is 11.3 Å². The molecule has 3 amide bonds. The van der Waals surface area contributed by atoms with Gasteiger partial charge in [0, 0.05) is 43.3 Å². The third-order valence-electron chi connectivity index (χ3n) is 3.96. The highest BCUT2D eigenvalue weighted by Crippen LogP contribution is 2.24. The average molecular weight is 378 g/mol. The van der Waals surface area contributed by atoms with Gasteiger partial charge in [-0.05, 0) is 24.3 Å². The Morgan fingerprint density at radius 3 is 2.31 bits per heavy atom. The number of hydrogen-bond acceptors (Lipinski definition) is 5. The lowest BCUT2D eigenvalue weighted by atomic mass is 10.2. The van der Waals surface area contributed by atoms with E-state index >= 15 is 0 Å². The Labute approximate surface area is 152 Å². The van der Waals surface area contributed by atoms with Gasteiger partial charge in [-0.3, -0.25) is 14.9 Å². The number of nitro groups is 1. The maximum atomic E-state index is 12.9. The van der Waals surface area contributed by atoms with Crippen molar-refractivity contribution in [2.24, 2.45) is 0 Å². The smallest absolute Gasteiger partial charge is 0.324 e. The number of amides is 3. The fourth-order valence-corrected chi connectivity index (χ4v) is 3.26. The monoisotopic (exact) mass is 378 g/mol. The molecule has 1 fully saturated rings. The lowest BCUT2D eigenvalue weighted by molar-refractivity contribution is -0.380. The third kappa shape index (κ3) is 3.97. The fraction of sp³-hybridized carbons (Fsp3) is 0.250. The maximum absolute atomic E-state index is 12.9. The van der Waals surface area contributed by atoms with Gasteiger partial charge < -0.3 is 15.1 Å². The molecule has 0 radical (unpaired) electrons. The van der Waals surface area contributed by atoms with Gasteiger partial charge in [0.15, 0.2) is 0 Å². The second-order valence-electron chi connectivity index (χ2n) is 5.65. The van der Waals surface area contributed by atoms with Crippen LogP contribution in [-0.2, 0) is 0 Å². The van der Waals surface area contributed by atoms with E-state index in [2.05, 4.69) is 5.32 Å². The number of hydrogen-bond donors (Lipinski definition) is 1. The molecule has 2 aromatic rings. The van der Waals surface area contributed by atoms with Crippen LogP contribution in [0, 0.1) is 15.9 Å². The van der Waals surface area contributed by atoms with Crippen molar-refractivity contribution in [2.45, 2.75) is 0 Å². The van der Waals surface area contributed by atoms with Gasteiger partial charge in [-0.2, -0.15) is 0 Å². The van der Waals surface area contributed by atoms with Crippen LogP contribution in [0.1, 0.15) is 10.4 Å². The van der Waals surface area contributed by atoms with E-state index in [1.54, 1.807) is 9.80 Å². The van der Waals surface area contributed by atoms with Gasteiger partial charge in [-0.1, -0.05) is 11.3 Å². The number of carbonyl (C=O) groups excluding carboxylic acids is 2. The summed E-state index contributed by atoms with van der Waals surface area (Å²) < 4.78 is 12.9. The van der Waals surface area contributed by atoms with Crippen LogP contribution >= 0.6 is 11.3 Å². The Kier molecular flexibility index (Phi) is 5.12. The Morgan fingerprint density at radius 1 is 1.12 bits per heavy atom. The Morgan fingerprint density at radius 2 is 1.73 bits per heavy atom. The van der Waals surface area contributed by atoms with Crippen molar-refractivity contribution in [3.8, 4) is 0 Å². The van der Waals surface area contributed by atoms with E-state index in [-0.39, 0.29) is 28.3 Å². The molecule has 1 aromatic heterocycles. The van der Waals surface area contributed by atoms with Crippen LogP contribution in [0.15, 0.2) is 35.7 Å². The number of carbonyl (C=O) groups is 2. The van der Waals surface area contributed by atoms with Crippen molar-refractivity contribution in [3.63, 3.8) is 0 Å². The standard InChI is InChI=1S/C16H15FN4O4S/c17-12-1-3-13(4-2-12)18-16(23)20-7-5-19(6-8-20)15(22)11-9-14(21(24)25)26-10-11/h1-4,9-10H,5-8H2,(H,18,23). The van der Waals surface area contributed by atoms with Gasteiger partial charge in [0.05, 0.1) is 10.5 Å². The first-order valence-corrected chi connectivity index (χ1v) is 8.65. The van der Waals surface area contributed by atoms with E-state index in [0.29, 0.717) is 31.9 Å². The summed E-state index contributed by atoms with van der Waals surface area (Å²) >= 11 is 0.910. The highest BCUT2D eigenvalue weighted by Gasteiger charge is 2.26. The number of halogens is 1. The van der Waals surface area contributed by atoms with Crippen molar-refractivity contribution in [2.75, 3.05) is 31.5 Å². The summed E-state index contributed by atoms with van der Waals surface area (Å²) in [7, 11) is 0. The zero-order valence-corrected chi connectivity index (χ0v) is 14.4. The summed E-state index contributed by atoms with van der Waals surface area (Å²) in [6, 6.07) is 6.39. The molecular weight excluding hydrogens is 363 g/mol. The molecular formula is C16H15FN4O4S. The minimum Gasteiger partial charge on any atom is -0.335 e. The molecule has 1 saturated heterocycles. The van der Waals surface area contributed by atoms with Crippen LogP contribution in [0.4, 0.5) is 19.9 Å². The predicted molar refractivity (Wildman–Crippen MR) is 93.9 cm³/mol. The Bertz CT molecular complexity index is 831. The van der Waals surface area contributed by atoms with Gasteiger partial charge in [-0.15, -0.1) is 0 Å². The predicted octanol–water partition coefficient (Wildman–Crippen LogP) is 2.79. The molecule has 0 unspecified atom stereocenters. The van der Waals surface area contributed by atoms with Crippen LogP contribution in [0.5, 0.6) is 0 Å². The molecule has 1 aromatic carbocycles. The molecule has 136 valence electrons. The zero-order chi connectivity index (χ0) is 18.7. The van der Waals surface area contributed by atoms with E-state index in [4.69, 9.17) is 0 Å². The third-order valence-corrected chi connectivity index (χ3v) is 4.84. The Hall–Kier alpha value is -3.01. The van der Waals surface area contributed by atoms with Crippen molar-refractivity contribution >= 4 is 34.0 Å². The number of thiophene rings is 1. The lowest BCUT2D eigenvalue weighted by Gasteiger charge is -2.34. The summed E-state index contributed by atoms with van der Waals surface area (Å²) in [4.78, 5) is 37.9. The number of benzene rings is 1. The van der Waals surface area contributed by atoms with Gasteiger partial charge in [0.25, 0.3) is 5.91 Å². The van der Waals surface area contributed by atoms with Gasteiger partial charge in [0.1, 0.15) is 5.82 Å². The molecule has 8 nitrogen and oxygen atoms in total. The van der Waals surface area contributed by atoms with Crippen LogP contribution in [-0.4, -0.2) is 52.8 Å². The molecule has 26 heavy (non-hydrogen) atoms. The zero-order valence-electron chi connectivity index (χ0n) is 13.6. The van der Waals surface area contributed by atoms with Crippen molar-refractivity contribution in [1.29, 1.82) is 0 Å². The molecule has 0 aliphatic carbocycles. The topological polar surface area (TPSA) is 95.8 Å². The van der Waals surface area contributed by atoms with Crippen molar-refractivity contribution in [1.82, 2.24) is 9.80 Å². The molecule has 10 heteroatoms. The molecule has 0 saturated carbocycles. The fourth-order valence-electron chi connectivity index (χ4n) is 2.56. The summed E-state index contributed by atoms with van der Waals surface area (Å²) in [5.74, 6) is -0.670. The number of nitrogens with one attached hydrogen (secondary N) is 1. The second kappa shape index (κ2) is 7.48. The van der Waals surface area contributed by atoms with E-state index in [1.165, 1.54) is 35.7 Å². The normalized spacial score (nSPS) is 14.2. The quantitative estimate of drug-likeness (QED) is 0.656. The first kappa shape index (κ1) is 17.8. The van der Waals surface area contributed by atoms with Crippen molar-refractivity contribution < 1.29 is 18.9 Å². The van der Waals surface area contributed by atoms with Crippen LogP contribution in [0.2, 0.25) is 0 Å². The SMILES string of the molecule is O=C(Nc1ccc(F)cc1)N1CCN(C(=O)c2csc([N+](=O)[O-])c2)CC1. The molecule has 2 heterocycles. The second-order valence-corrected chi connectivity index (χ2v) is 6.54. The minimum absolute atomic E-state index is 0.0781. The number of urea groups is 1. The largest absolute Gasteiger partial charge is 0.335 e. The summed E-state index contributed by atoms with van der Waals surface area (Å²) in [5.41, 5.74) is 0.770. The minimum atomic E-state index is -0.529. The van der Waals surface area contributed by atoms with E-state index < -0.39 is 4.92 Å². The van der Waals surface area contributed by atoms with Crippen LogP contribution < -0.4 is 5.32 Å². The summed E-state index contributed by atoms with van der Waals surface area (Å²) in [6.07, 6.45) is 0. The van der Waals surface area contributed by atoms with Crippen molar-refractivity contribution in [3.05, 3.63) is 57.2 Å². The number of anilines is 1. The van der Waals surface area contributed by atoms with Crippen LogP contribution in [0.25, 0.3) is 0 Å². The molecule has 1 aliphatic rings. The van der Waals surface area contributed by atoms with Crippen LogP contribution in [0.3, 0.4) is 0 Å². The number of piperazine rings is 1. The highest BCUT2D eigenvalue weighted by atomic mass is 32.1. The number of nitrogens with zero attached hydrogens (tertiary/aromatic N) is 3. The maximum Gasteiger partial charge on any atom is 0.324 e. The summed E-state index contributed by atoms with van der Waals surface area (Å²) in [5, 5.41) is 14.8. The molecule has 0 bridgehead atoms. The van der Waals surface area contributed by atoms with E-state index in [1.807, 2.05) is 0 Å². The summed E-state index contributed by atoms with van der Waals surface area (Å²) in [6.45, 7) is 1.34. The molecule has 0 spiro atoms. The highest BCUT2D eigenvalue weighted by molar-refractivity contribution is 7.13. The van der Waals surface area contributed by atoms with Gasteiger partial charge in [-0.25, -0.2) is 9.18 Å². The van der Waals surface area contributed by atoms with E-state index in [9.17, 15) is 24.1 Å². The Balaban J connectivity index is 1.54. The lowest BCUT2D eigenvalue weighted by Crippen LogP contribution is -2.51. The first-order chi connectivity index (χ1) is 12.4. The average Bonchev–Trinajstić information content (AvgIpc) is 3.13. The molecule has 3 rings (SSSR count). The van der Waals surface area contributed by atoms with Gasteiger partial charge >= 0.3 is 11.0 Å². The molecule has 1 N–H and O–H groups in total. The number of rotatable bonds is 3. The first-order valence-electron chi connectivity index (χ1n) is 7.78.